The third kappa shape index (κ3) is 3.14. The highest BCUT2D eigenvalue weighted by atomic mass is 35.5. The van der Waals surface area contributed by atoms with Crippen LogP contribution in [0.5, 0.6) is 0 Å². The fraction of sp³-hybridized carbons (Fsp3) is 0.143. The van der Waals surface area contributed by atoms with Crippen molar-refractivity contribution in [1.29, 1.82) is 0 Å². The van der Waals surface area contributed by atoms with Crippen LogP contribution in [0.1, 0.15) is 11.3 Å². The summed E-state index contributed by atoms with van der Waals surface area (Å²) in [5.41, 5.74) is 4.83. The van der Waals surface area contributed by atoms with E-state index >= 15 is 0 Å². The number of hydrazine groups is 1. The minimum atomic E-state index is -3.73. The van der Waals surface area contributed by atoms with Crippen molar-refractivity contribution < 1.29 is 12.9 Å². The van der Waals surface area contributed by atoms with Crippen LogP contribution in [-0.4, -0.2) is 18.6 Å². The van der Waals surface area contributed by atoms with Gasteiger partial charge in [-0.15, -0.1) is 4.83 Å². The molecule has 0 amide bonds. The normalized spacial score (nSPS) is 11.8. The summed E-state index contributed by atoms with van der Waals surface area (Å²) in [4.78, 5) is 6.45. The lowest BCUT2D eigenvalue weighted by Crippen LogP contribution is -2.29. The van der Waals surface area contributed by atoms with Gasteiger partial charge in [-0.1, -0.05) is 34.5 Å². The van der Waals surface area contributed by atoms with E-state index in [1.54, 1.807) is 19.1 Å². The molecular weight excluding hydrogens is 340 g/mol. The minimum Gasteiger partial charge on any atom is -0.335 e. The predicted molar refractivity (Wildman–Crippen MR) is 86.7 cm³/mol. The smallest absolute Gasteiger partial charge is 0.261 e. The second-order valence-electron chi connectivity index (χ2n) is 4.98. The lowest BCUT2D eigenvalue weighted by molar-refractivity contribution is 0.443. The Kier molecular flexibility index (Phi) is 3.97. The zero-order valence-corrected chi connectivity index (χ0v) is 13.9. The van der Waals surface area contributed by atoms with Crippen LogP contribution >= 0.6 is 11.6 Å². The van der Waals surface area contributed by atoms with Gasteiger partial charge in [-0.2, -0.15) is 4.98 Å². The highest BCUT2D eigenvalue weighted by Gasteiger charge is 2.17. The fourth-order valence-corrected chi connectivity index (χ4v) is 3.10. The molecule has 0 atom stereocenters. The Morgan fingerprint density at radius 3 is 2.57 bits per heavy atom. The molecule has 1 aromatic carbocycles. The molecule has 0 aliphatic rings. The van der Waals surface area contributed by atoms with Gasteiger partial charge in [-0.25, -0.2) is 8.42 Å². The fourth-order valence-electron chi connectivity index (χ4n) is 2.06. The van der Waals surface area contributed by atoms with Crippen LogP contribution in [0, 0.1) is 13.8 Å². The van der Waals surface area contributed by atoms with Crippen LogP contribution < -0.4 is 10.3 Å². The van der Waals surface area contributed by atoms with Crippen molar-refractivity contribution in [2.45, 2.75) is 18.7 Å². The highest BCUT2D eigenvalue weighted by molar-refractivity contribution is 7.89. The number of rotatable bonds is 4. The molecule has 0 aliphatic heterocycles. The number of sulfonamides is 1. The second kappa shape index (κ2) is 5.80. The number of nitrogens with one attached hydrogen (secondary N) is 2. The van der Waals surface area contributed by atoms with E-state index in [1.807, 2.05) is 6.92 Å². The average Bonchev–Trinajstić information content (AvgIpc) is 2.86. The van der Waals surface area contributed by atoms with Crippen molar-refractivity contribution in [2.24, 2.45) is 0 Å². The predicted octanol–water partition coefficient (Wildman–Crippen LogP) is 2.80. The Bertz CT molecular complexity index is 968. The second-order valence-corrected chi connectivity index (χ2v) is 7.05. The summed E-state index contributed by atoms with van der Waals surface area (Å²) in [6.45, 7) is 3.60. The van der Waals surface area contributed by atoms with Gasteiger partial charge in [-0.3, -0.25) is 0 Å². The zero-order valence-electron chi connectivity index (χ0n) is 12.3. The monoisotopic (exact) mass is 352 g/mol. The SMILES string of the molecule is Cc1ccc(S(=O)(=O)NNc2cc(Cl)nc3onc(C)c23)cc1. The van der Waals surface area contributed by atoms with Gasteiger partial charge in [0.1, 0.15) is 5.15 Å². The maximum atomic E-state index is 12.3. The van der Waals surface area contributed by atoms with E-state index in [9.17, 15) is 8.42 Å². The summed E-state index contributed by atoms with van der Waals surface area (Å²) in [6, 6.07) is 7.99. The summed E-state index contributed by atoms with van der Waals surface area (Å²) in [5.74, 6) is 0. The lowest BCUT2D eigenvalue weighted by Gasteiger charge is -2.10. The maximum Gasteiger partial charge on any atom is 0.261 e. The Labute approximate surface area is 137 Å². The van der Waals surface area contributed by atoms with E-state index in [2.05, 4.69) is 20.4 Å². The Hall–Kier alpha value is -2.16. The third-order valence-corrected chi connectivity index (χ3v) is 4.69. The average molecular weight is 353 g/mol. The van der Waals surface area contributed by atoms with Crippen molar-refractivity contribution in [1.82, 2.24) is 15.0 Å². The Morgan fingerprint density at radius 2 is 1.87 bits per heavy atom. The first-order chi connectivity index (χ1) is 10.9. The first kappa shape index (κ1) is 15.7. The van der Waals surface area contributed by atoms with Crippen LogP contribution in [-0.2, 0) is 10.0 Å². The molecule has 0 fully saturated rings. The highest BCUT2D eigenvalue weighted by Crippen LogP contribution is 2.27. The molecule has 7 nitrogen and oxygen atoms in total. The molecule has 120 valence electrons. The number of hydrogen-bond acceptors (Lipinski definition) is 6. The Balaban J connectivity index is 1.91. The molecule has 0 saturated heterocycles. The molecular formula is C14H13ClN4O3S. The molecule has 0 unspecified atom stereocenters. The number of aromatic nitrogens is 2. The summed E-state index contributed by atoms with van der Waals surface area (Å²) in [7, 11) is -3.73. The molecule has 0 aliphatic carbocycles. The van der Waals surface area contributed by atoms with Crippen LogP contribution in [0.2, 0.25) is 5.15 Å². The first-order valence-electron chi connectivity index (χ1n) is 6.64. The molecule has 0 saturated carbocycles. The number of nitrogens with zero attached hydrogens (tertiary/aromatic N) is 2. The minimum absolute atomic E-state index is 0.147. The number of benzene rings is 1. The number of halogens is 1. The van der Waals surface area contributed by atoms with E-state index in [1.165, 1.54) is 18.2 Å². The van der Waals surface area contributed by atoms with E-state index in [4.69, 9.17) is 16.1 Å². The number of aryl methyl sites for hydroxylation is 2. The molecule has 2 heterocycles. The van der Waals surface area contributed by atoms with Crippen molar-refractivity contribution in [2.75, 3.05) is 5.43 Å². The molecule has 23 heavy (non-hydrogen) atoms. The van der Waals surface area contributed by atoms with Crippen molar-refractivity contribution in [3.05, 3.63) is 46.7 Å². The molecule has 0 radical (unpaired) electrons. The van der Waals surface area contributed by atoms with E-state index in [-0.39, 0.29) is 15.8 Å². The van der Waals surface area contributed by atoms with Crippen LogP contribution in [0.15, 0.2) is 39.8 Å². The molecule has 2 aromatic heterocycles. The maximum absolute atomic E-state index is 12.3. The number of fused-ring (bicyclic) bond motifs is 1. The third-order valence-electron chi connectivity index (χ3n) is 3.24. The van der Waals surface area contributed by atoms with Gasteiger partial charge in [0.15, 0.2) is 0 Å². The molecule has 0 spiro atoms. The Morgan fingerprint density at radius 1 is 1.17 bits per heavy atom. The molecule has 2 N–H and O–H groups in total. The summed E-state index contributed by atoms with van der Waals surface area (Å²) < 4.78 is 29.6. The van der Waals surface area contributed by atoms with Crippen molar-refractivity contribution in [3.63, 3.8) is 0 Å². The van der Waals surface area contributed by atoms with Gasteiger partial charge in [0.25, 0.3) is 15.7 Å². The summed E-state index contributed by atoms with van der Waals surface area (Å²) in [5, 5.41) is 4.51. The molecule has 3 aromatic rings. The van der Waals surface area contributed by atoms with Crippen molar-refractivity contribution >= 4 is 38.4 Å². The van der Waals surface area contributed by atoms with E-state index in [0.29, 0.717) is 16.8 Å². The van der Waals surface area contributed by atoms with Gasteiger partial charge < -0.3 is 9.95 Å². The van der Waals surface area contributed by atoms with Crippen molar-refractivity contribution in [3.8, 4) is 0 Å². The van der Waals surface area contributed by atoms with Gasteiger partial charge in [0, 0.05) is 6.07 Å². The standard InChI is InChI=1S/C14H13ClN4O3S/c1-8-3-5-10(6-4-8)23(20,21)19-17-11-7-12(15)16-14-13(11)9(2)18-22-14/h3-7,19H,1-2H3,(H,16,17). The summed E-state index contributed by atoms with van der Waals surface area (Å²) in [6.07, 6.45) is 0. The number of hydrogen-bond donors (Lipinski definition) is 2. The zero-order chi connectivity index (χ0) is 16.6. The van der Waals surface area contributed by atoms with E-state index in [0.717, 1.165) is 5.56 Å². The van der Waals surface area contributed by atoms with Gasteiger partial charge in [0.05, 0.1) is 21.7 Å². The van der Waals surface area contributed by atoms with Gasteiger partial charge in [-0.05, 0) is 26.0 Å². The van der Waals surface area contributed by atoms with Gasteiger partial charge in [0.2, 0.25) is 0 Å². The number of anilines is 1. The quantitative estimate of drug-likeness (QED) is 0.553. The van der Waals surface area contributed by atoms with Crippen LogP contribution in [0.4, 0.5) is 5.69 Å². The van der Waals surface area contributed by atoms with Crippen LogP contribution in [0.3, 0.4) is 0 Å². The molecule has 3 rings (SSSR count). The first-order valence-corrected chi connectivity index (χ1v) is 8.50. The van der Waals surface area contributed by atoms with Crippen LogP contribution in [0.25, 0.3) is 11.1 Å². The van der Waals surface area contributed by atoms with Gasteiger partial charge >= 0.3 is 0 Å². The largest absolute Gasteiger partial charge is 0.335 e. The number of pyridine rings is 1. The lowest BCUT2D eigenvalue weighted by atomic mass is 10.2. The van der Waals surface area contributed by atoms with E-state index < -0.39 is 10.0 Å². The molecule has 9 heteroatoms. The topological polar surface area (TPSA) is 97.1 Å². The molecule has 0 bridgehead atoms. The summed E-state index contributed by atoms with van der Waals surface area (Å²) >= 11 is 5.90.